The maximum atomic E-state index is 3.65. The molecule has 0 saturated heterocycles. The van der Waals surface area contributed by atoms with E-state index in [1.807, 2.05) is 11.8 Å². The van der Waals surface area contributed by atoms with Gasteiger partial charge in [0.1, 0.15) is 0 Å². The van der Waals surface area contributed by atoms with Crippen molar-refractivity contribution in [1.29, 1.82) is 0 Å². The summed E-state index contributed by atoms with van der Waals surface area (Å²) in [6, 6.07) is 0. The van der Waals surface area contributed by atoms with Gasteiger partial charge in [-0.05, 0) is 88.6 Å². The monoisotopic (exact) mass is 370 g/mol. The molecule has 22 heavy (non-hydrogen) atoms. The first-order valence-electron chi connectivity index (χ1n) is 7.87. The summed E-state index contributed by atoms with van der Waals surface area (Å²) in [6.45, 7) is 4.55. The zero-order chi connectivity index (χ0) is 15.3. The van der Waals surface area contributed by atoms with E-state index >= 15 is 0 Å². The molecule has 4 rings (SSSR count). The third kappa shape index (κ3) is 2.37. The van der Waals surface area contributed by atoms with E-state index in [-0.39, 0.29) is 0 Å². The van der Waals surface area contributed by atoms with Gasteiger partial charge in [0.15, 0.2) is 0 Å². The van der Waals surface area contributed by atoms with E-state index in [1.165, 1.54) is 44.5 Å². The second-order valence-electron chi connectivity index (χ2n) is 6.32. The highest BCUT2D eigenvalue weighted by Gasteiger charge is 2.32. The van der Waals surface area contributed by atoms with Crippen molar-refractivity contribution in [3.8, 4) is 0 Å². The standard InChI is InChI=1S/C20H19BrS/c1-12-9-16-13(2)17-11-20(21)22-19(17)10-18(16)15(12)8-7-14-5-3-4-6-14/h3-5,9-11,19H,6-8H2,1-2H3. The fraction of sp³-hybridized carbons (Fsp3) is 0.300. The predicted molar refractivity (Wildman–Crippen MR) is 101 cm³/mol. The quantitative estimate of drug-likeness (QED) is 0.544. The maximum Gasteiger partial charge on any atom is 0.0542 e. The minimum atomic E-state index is 0.495. The van der Waals surface area contributed by atoms with Crippen LogP contribution in [0.1, 0.15) is 33.1 Å². The summed E-state index contributed by atoms with van der Waals surface area (Å²) < 4.78 is 1.26. The summed E-state index contributed by atoms with van der Waals surface area (Å²) in [5.74, 6) is 0. The van der Waals surface area contributed by atoms with Crippen molar-refractivity contribution in [3.63, 3.8) is 0 Å². The Bertz CT molecular complexity index is 766. The highest BCUT2D eigenvalue weighted by Crippen LogP contribution is 2.50. The Balaban J connectivity index is 1.60. The van der Waals surface area contributed by atoms with Gasteiger partial charge in [-0.2, -0.15) is 0 Å². The second kappa shape index (κ2) is 5.58. The van der Waals surface area contributed by atoms with Gasteiger partial charge in [-0.3, -0.25) is 0 Å². The Morgan fingerprint density at radius 2 is 2.05 bits per heavy atom. The lowest BCUT2D eigenvalue weighted by Crippen LogP contribution is -2.10. The Kier molecular flexibility index (Phi) is 3.70. The van der Waals surface area contributed by atoms with Crippen LogP contribution < -0.4 is 0 Å². The molecule has 0 aromatic rings. The lowest BCUT2D eigenvalue weighted by atomic mass is 9.85. The number of fused-ring (bicyclic) bond motifs is 2. The van der Waals surface area contributed by atoms with Crippen molar-refractivity contribution >= 4 is 27.7 Å². The van der Waals surface area contributed by atoms with Gasteiger partial charge in [-0.15, -0.1) is 11.8 Å². The fourth-order valence-corrected chi connectivity index (χ4v) is 5.59. The molecule has 2 heteroatoms. The van der Waals surface area contributed by atoms with E-state index in [9.17, 15) is 0 Å². The van der Waals surface area contributed by atoms with Crippen molar-refractivity contribution in [2.45, 2.75) is 38.4 Å². The molecule has 0 radical (unpaired) electrons. The van der Waals surface area contributed by atoms with Crippen LogP contribution in [0.15, 0.2) is 79.3 Å². The van der Waals surface area contributed by atoms with E-state index < -0.39 is 0 Å². The van der Waals surface area contributed by atoms with Gasteiger partial charge in [0.2, 0.25) is 0 Å². The number of rotatable bonds is 3. The van der Waals surface area contributed by atoms with E-state index in [0.29, 0.717) is 5.25 Å². The van der Waals surface area contributed by atoms with Gasteiger partial charge in [-0.1, -0.05) is 36.0 Å². The summed E-state index contributed by atoms with van der Waals surface area (Å²) in [7, 11) is 0. The van der Waals surface area contributed by atoms with Crippen LogP contribution in [0.4, 0.5) is 0 Å². The molecular weight excluding hydrogens is 352 g/mol. The first-order chi connectivity index (χ1) is 10.6. The van der Waals surface area contributed by atoms with E-state index in [0.717, 1.165) is 6.42 Å². The Morgan fingerprint density at radius 3 is 2.82 bits per heavy atom. The number of hydrogen-bond donors (Lipinski definition) is 0. The summed E-state index contributed by atoms with van der Waals surface area (Å²) in [4.78, 5) is 0. The van der Waals surface area contributed by atoms with Gasteiger partial charge < -0.3 is 0 Å². The molecule has 112 valence electrons. The van der Waals surface area contributed by atoms with Gasteiger partial charge >= 0.3 is 0 Å². The van der Waals surface area contributed by atoms with E-state index in [4.69, 9.17) is 0 Å². The summed E-state index contributed by atoms with van der Waals surface area (Å²) in [5.41, 5.74) is 10.5. The van der Waals surface area contributed by atoms with Gasteiger partial charge in [0.25, 0.3) is 0 Å². The van der Waals surface area contributed by atoms with Crippen LogP contribution in [0, 0.1) is 0 Å². The average Bonchev–Trinajstić information content (AvgIpc) is 3.17. The average molecular weight is 371 g/mol. The van der Waals surface area contributed by atoms with Crippen LogP contribution >= 0.6 is 27.7 Å². The third-order valence-corrected chi connectivity index (χ3v) is 6.74. The second-order valence-corrected chi connectivity index (χ2v) is 8.89. The van der Waals surface area contributed by atoms with Crippen LogP contribution in [0.25, 0.3) is 0 Å². The molecule has 4 aliphatic rings. The molecule has 0 aromatic carbocycles. The van der Waals surface area contributed by atoms with Crippen molar-refractivity contribution in [3.05, 3.63) is 79.3 Å². The SMILES string of the molecule is CC1=C(CCC2=CC=CC2)C2=CC3SC(Br)=CC3=C(C)C2=C1. The molecule has 1 heterocycles. The van der Waals surface area contributed by atoms with Crippen molar-refractivity contribution < 1.29 is 0 Å². The molecule has 0 fully saturated rings. The van der Waals surface area contributed by atoms with Crippen LogP contribution in [0.5, 0.6) is 0 Å². The molecule has 0 bridgehead atoms. The Labute approximate surface area is 145 Å². The molecule has 0 saturated carbocycles. The topological polar surface area (TPSA) is 0 Å². The largest absolute Gasteiger partial charge is 0.106 e. The summed E-state index contributed by atoms with van der Waals surface area (Å²) >= 11 is 5.57. The molecule has 0 spiro atoms. The molecule has 0 aromatic heterocycles. The van der Waals surface area contributed by atoms with Crippen LogP contribution in [-0.4, -0.2) is 5.25 Å². The molecule has 1 atom stereocenters. The van der Waals surface area contributed by atoms with Crippen LogP contribution in [0.2, 0.25) is 0 Å². The summed E-state index contributed by atoms with van der Waals surface area (Å²) in [6.07, 6.45) is 17.4. The highest BCUT2D eigenvalue weighted by atomic mass is 79.9. The van der Waals surface area contributed by atoms with E-state index in [2.05, 4.69) is 66.2 Å². The molecule has 0 nitrogen and oxygen atoms in total. The van der Waals surface area contributed by atoms with Gasteiger partial charge in [-0.25, -0.2) is 0 Å². The smallest absolute Gasteiger partial charge is 0.0542 e. The molecule has 0 N–H and O–H groups in total. The lowest BCUT2D eigenvalue weighted by molar-refractivity contribution is 0.907. The van der Waals surface area contributed by atoms with Crippen LogP contribution in [0.3, 0.4) is 0 Å². The molecule has 3 aliphatic carbocycles. The summed E-state index contributed by atoms with van der Waals surface area (Å²) in [5, 5.41) is 0.495. The normalized spacial score (nSPS) is 26.0. The number of thioether (sulfide) groups is 1. The van der Waals surface area contributed by atoms with E-state index in [1.54, 1.807) is 11.1 Å². The zero-order valence-corrected chi connectivity index (χ0v) is 15.4. The number of allylic oxidation sites excluding steroid dienone is 11. The first-order valence-corrected chi connectivity index (χ1v) is 9.54. The third-order valence-electron chi connectivity index (χ3n) is 4.97. The molecule has 0 amide bonds. The Hall–Kier alpha value is -0.990. The van der Waals surface area contributed by atoms with Crippen molar-refractivity contribution in [2.75, 3.05) is 0 Å². The molecular formula is C20H19BrS. The minimum Gasteiger partial charge on any atom is -0.106 e. The maximum absolute atomic E-state index is 3.65. The first kappa shape index (κ1) is 14.6. The fourth-order valence-electron chi connectivity index (χ4n) is 3.73. The van der Waals surface area contributed by atoms with Crippen LogP contribution in [-0.2, 0) is 0 Å². The van der Waals surface area contributed by atoms with Crippen molar-refractivity contribution in [2.24, 2.45) is 0 Å². The van der Waals surface area contributed by atoms with Crippen molar-refractivity contribution in [1.82, 2.24) is 0 Å². The lowest BCUT2D eigenvalue weighted by Gasteiger charge is -2.22. The zero-order valence-electron chi connectivity index (χ0n) is 12.9. The minimum absolute atomic E-state index is 0.495. The molecule has 1 aliphatic heterocycles. The van der Waals surface area contributed by atoms with Gasteiger partial charge in [0, 0.05) is 0 Å². The highest BCUT2D eigenvalue weighted by molar-refractivity contribution is 9.14. The Morgan fingerprint density at radius 1 is 1.18 bits per heavy atom. The van der Waals surface area contributed by atoms with Gasteiger partial charge in [0.05, 0.1) is 9.06 Å². The predicted octanol–water partition coefficient (Wildman–Crippen LogP) is 6.52. The number of halogens is 1. The number of hydrogen-bond acceptors (Lipinski definition) is 1. The molecule has 1 unspecified atom stereocenters.